The molecule has 0 aliphatic heterocycles. The van der Waals surface area contributed by atoms with Crippen molar-refractivity contribution in [3.63, 3.8) is 0 Å². The first kappa shape index (κ1) is 15.1. The van der Waals surface area contributed by atoms with Crippen LogP contribution in [0, 0.1) is 0 Å². The summed E-state index contributed by atoms with van der Waals surface area (Å²) in [6.45, 7) is 1.54. The van der Waals surface area contributed by atoms with Crippen LogP contribution < -0.4 is 4.90 Å². The van der Waals surface area contributed by atoms with E-state index >= 15 is 0 Å². The predicted molar refractivity (Wildman–Crippen MR) is 90.3 cm³/mol. The number of phenolic OH excluding ortho intramolecular Hbond substituents is 1. The Hall–Kier alpha value is -2.82. The number of hydrogen-bond donors (Lipinski definition) is 1. The Bertz CT molecular complexity index is 737. The second-order valence-electron chi connectivity index (χ2n) is 5.47. The number of benzene rings is 2. The van der Waals surface area contributed by atoms with Gasteiger partial charge in [0.15, 0.2) is 0 Å². The van der Waals surface area contributed by atoms with Crippen LogP contribution in [0.25, 0.3) is 0 Å². The Kier molecular flexibility index (Phi) is 4.57. The van der Waals surface area contributed by atoms with Crippen molar-refractivity contribution >= 4 is 5.69 Å². The number of aromatic nitrogens is 3. The summed E-state index contributed by atoms with van der Waals surface area (Å²) in [4.78, 5) is 6.56. The van der Waals surface area contributed by atoms with Crippen LogP contribution in [0.5, 0.6) is 5.75 Å². The van der Waals surface area contributed by atoms with Crippen LogP contribution in [0.4, 0.5) is 5.69 Å². The fourth-order valence-corrected chi connectivity index (χ4v) is 2.51. The number of aryl methyl sites for hydroxylation is 1. The second-order valence-corrected chi connectivity index (χ2v) is 5.47. The van der Waals surface area contributed by atoms with E-state index in [-0.39, 0.29) is 5.75 Å². The van der Waals surface area contributed by atoms with E-state index in [1.54, 1.807) is 23.1 Å². The third-order valence-corrected chi connectivity index (χ3v) is 3.87. The van der Waals surface area contributed by atoms with Crippen molar-refractivity contribution < 1.29 is 5.11 Å². The van der Waals surface area contributed by atoms with Crippen LogP contribution in [0.2, 0.25) is 0 Å². The van der Waals surface area contributed by atoms with E-state index < -0.39 is 0 Å². The van der Waals surface area contributed by atoms with Gasteiger partial charge in [0.2, 0.25) is 0 Å². The fraction of sp³-hybridized carbons (Fsp3) is 0.222. The van der Waals surface area contributed by atoms with Gasteiger partial charge in [-0.25, -0.2) is 4.98 Å². The van der Waals surface area contributed by atoms with Crippen molar-refractivity contribution in [2.24, 2.45) is 7.05 Å². The molecule has 0 saturated heterocycles. The van der Waals surface area contributed by atoms with E-state index in [0.717, 1.165) is 24.5 Å². The molecule has 0 aliphatic rings. The third-order valence-electron chi connectivity index (χ3n) is 3.87. The van der Waals surface area contributed by atoms with Crippen molar-refractivity contribution in [3.05, 3.63) is 72.3 Å². The molecule has 118 valence electrons. The fourth-order valence-electron chi connectivity index (χ4n) is 2.51. The quantitative estimate of drug-likeness (QED) is 0.761. The maximum absolute atomic E-state index is 9.50. The van der Waals surface area contributed by atoms with Crippen molar-refractivity contribution in [3.8, 4) is 5.75 Å². The van der Waals surface area contributed by atoms with E-state index in [2.05, 4.69) is 39.2 Å². The van der Waals surface area contributed by atoms with Gasteiger partial charge in [-0.3, -0.25) is 4.68 Å². The van der Waals surface area contributed by atoms with Gasteiger partial charge in [0, 0.05) is 19.3 Å². The lowest BCUT2D eigenvalue weighted by Crippen LogP contribution is -2.27. The van der Waals surface area contributed by atoms with Gasteiger partial charge in [-0.2, -0.15) is 5.10 Å². The number of rotatable bonds is 6. The average Bonchev–Trinajstić information content (AvgIpc) is 2.98. The van der Waals surface area contributed by atoms with Gasteiger partial charge in [-0.15, -0.1) is 0 Å². The largest absolute Gasteiger partial charge is 0.508 e. The summed E-state index contributed by atoms with van der Waals surface area (Å²) in [6.07, 6.45) is 2.51. The molecule has 5 nitrogen and oxygen atoms in total. The maximum atomic E-state index is 9.50. The summed E-state index contributed by atoms with van der Waals surface area (Å²) in [7, 11) is 1.90. The minimum absolute atomic E-state index is 0.274. The van der Waals surface area contributed by atoms with Gasteiger partial charge in [0.1, 0.15) is 17.9 Å². The first-order chi connectivity index (χ1) is 11.2. The van der Waals surface area contributed by atoms with Crippen LogP contribution in [0.3, 0.4) is 0 Å². The average molecular weight is 308 g/mol. The zero-order chi connectivity index (χ0) is 16.1. The molecule has 0 saturated carbocycles. The van der Waals surface area contributed by atoms with Crippen molar-refractivity contribution in [1.82, 2.24) is 14.8 Å². The number of nitrogens with zero attached hydrogens (tertiary/aromatic N) is 4. The summed E-state index contributed by atoms with van der Waals surface area (Å²) in [5.41, 5.74) is 2.36. The molecular weight excluding hydrogens is 288 g/mol. The number of aromatic hydroxyl groups is 1. The molecule has 0 bridgehead atoms. The van der Waals surface area contributed by atoms with Crippen LogP contribution in [0.15, 0.2) is 60.9 Å². The topological polar surface area (TPSA) is 54.2 Å². The standard InChI is InChI=1S/C18H20N4O/c1-21-18(19-14-20-21)13-22(16-7-9-17(23)10-8-16)12-11-15-5-3-2-4-6-15/h2-10,14,23H,11-13H2,1H3. The van der Waals surface area contributed by atoms with Crippen LogP contribution >= 0.6 is 0 Å². The minimum Gasteiger partial charge on any atom is -0.508 e. The molecule has 1 heterocycles. The molecule has 0 unspecified atom stereocenters. The summed E-state index contributed by atoms with van der Waals surface area (Å²) < 4.78 is 1.79. The Morgan fingerprint density at radius 2 is 1.78 bits per heavy atom. The highest BCUT2D eigenvalue weighted by atomic mass is 16.3. The molecule has 0 radical (unpaired) electrons. The molecule has 2 aromatic carbocycles. The van der Waals surface area contributed by atoms with Crippen molar-refractivity contribution in [1.29, 1.82) is 0 Å². The Balaban J connectivity index is 1.78. The lowest BCUT2D eigenvalue weighted by atomic mass is 10.1. The van der Waals surface area contributed by atoms with Crippen LogP contribution in [-0.4, -0.2) is 26.4 Å². The Morgan fingerprint density at radius 3 is 2.43 bits per heavy atom. The molecule has 5 heteroatoms. The van der Waals surface area contributed by atoms with E-state index in [1.165, 1.54) is 5.56 Å². The molecule has 1 aromatic heterocycles. The zero-order valence-corrected chi connectivity index (χ0v) is 13.1. The van der Waals surface area contributed by atoms with Crippen molar-refractivity contribution in [2.75, 3.05) is 11.4 Å². The molecule has 0 spiro atoms. The predicted octanol–water partition coefficient (Wildman–Crippen LogP) is 2.77. The summed E-state index contributed by atoms with van der Waals surface area (Å²) in [6, 6.07) is 17.7. The highest BCUT2D eigenvalue weighted by molar-refractivity contribution is 5.49. The number of phenols is 1. The molecule has 0 atom stereocenters. The third kappa shape index (κ3) is 3.88. The monoisotopic (exact) mass is 308 g/mol. The lowest BCUT2D eigenvalue weighted by Gasteiger charge is -2.24. The first-order valence-electron chi connectivity index (χ1n) is 7.63. The van der Waals surface area contributed by atoms with Gasteiger partial charge in [-0.1, -0.05) is 30.3 Å². The second kappa shape index (κ2) is 6.96. The molecule has 3 aromatic rings. The Morgan fingerprint density at radius 1 is 1.04 bits per heavy atom. The molecule has 1 N–H and O–H groups in total. The van der Waals surface area contributed by atoms with E-state index in [0.29, 0.717) is 6.54 Å². The van der Waals surface area contributed by atoms with Crippen LogP contribution in [0.1, 0.15) is 11.4 Å². The van der Waals surface area contributed by atoms with Gasteiger partial charge < -0.3 is 10.0 Å². The normalized spacial score (nSPS) is 10.7. The molecule has 23 heavy (non-hydrogen) atoms. The van der Waals surface area contributed by atoms with Gasteiger partial charge in [-0.05, 0) is 36.2 Å². The van der Waals surface area contributed by atoms with Gasteiger partial charge in [0.05, 0.1) is 6.54 Å². The first-order valence-corrected chi connectivity index (χ1v) is 7.63. The zero-order valence-electron chi connectivity index (χ0n) is 13.1. The Labute approximate surface area is 135 Å². The number of anilines is 1. The van der Waals surface area contributed by atoms with E-state index in [4.69, 9.17) is 0 Å². The van der Waals surface area contributed by atoms with Crippen LogP contribution in [-0.2, 0) is 20.0 Å². The minimum atomic E-state index is 0.274. The highest BCUT2D eigenvalue weighted by Crippen LogP contribution is 2.20. The van der Waals surface area contributed by atoms with E-state index in [9.17, 15) is 5.11 Å². The highest BCUT2D eigenvalue weighted by Gasteiger charge is 2.11. The summed E-state index contributed by atoms with van der Waals surface area (Å²) >= 11 is 0. The molecular formula is C18H20N4O. The van der Waals surface area contributed by atoms with Crippen molar-refractivity contribution in [2.45, 2.75) is 13.0 Å². The molecule has 0 amide bonds. The van der Waals surface area contributed by atoms with Gasteiger partial charge >= 0.3 is 0 Å². The summed E-state index contributed by atoms with van der Waals surface area (Å²) in [5.74, 6) is 1.18. The molecule has 0 aliphatic carbocycles. The smallest absolute Gasteiger partial charge is 0.146 e. The maximum Gasteiger partial charge on any atom is 0.146 e. The SMILES string of the molecule is Cn1ncnc1CN(CCc1ccccc1)c1ccc(O)cc1. The van der Waals surface area contributed by atoms with Gasteiger partial charge in [0.25, 0.3) is 0 Å². The lowest BCUT2D eigenvalue weighted by molar-refractivity contribution is 0.475. The number of hydrogen-bond acceptors (Lipinski definition) is 4. The molecule has 0 fully saturated rings. The summed E-state index contributed by atoms with van der Waals surface area (Å²) in [5, 5.41) is 13.6. The van der Waals surface area contributed by atoms with E-state index in [1.807, 2.05) is 25.2 Å². The molecule has 3 rings (SSSR count).